The van der Waals surface area contributed by atoms with E-state index in [0.717, 1.165) is 16.7 Å². The molecular formula is C20H18BrNO3S. The van der Waals surface area contributed by atoms with Crippen LogP contribution in [-0.2, 0) is 15.6 Å². The van der Waals surface area contributed by atoms with E-state index in [1.165, 1.54) is 7.11 Å². The Labute approximate surface area is 161 Å². The molecule has 26 heavy (non-hydrogen) atoms. The van der Waals surface area contributed by atoms with Crippen LogP contribution in [0.5, 0.6) is 5.75 Å². The van der Waals surface area contributed by atoms with E-state index in [1.807, 2.05) is 37.3 Å². The first kappa shape index (κ1) is 18.6. The summed E-state index contributed by atoms with van der Waals surface area (Å²) in [4.78, 5) is 4.40. The van der Waals surface area contributed by atoms with Gasteiger partial charge in [0.05, 0.1) is 12.9 Å². The molecule has 0 bridgehead atoms. The monoisotopic (exact) mass is 431 g/mol. The average molecular weight is 432 g/mol. The maximum Gasteiger partial charge on any atom is 0.186 e. The molecular weight excluding hydrogens is 414 g/mol. The number of sulfone groups is 1. The van der Waals surface area contributed by atoms with Crippen LogP contribution in [-0.4, -0.2) is 20.5 Å². The van der Waals surface area contributed by atoms with Crippen molar-refractivity contribution in [2.24, 2.45) is 0 Å². The number of hydrogen-bond acceptors (Lipinski definition) is 4. The lowest BCUT2D eigenvalue weighted by Crippen LogP contribution is -2.07. The van der Waals surface area contributed by atoms with E-state index < -0.39 is 9.84 Å². The molecule has 4 nitrogen and oxygen atoms in total. The fourth-order valence-corrected chi connectivity index (χ4v) is 4.83. The van der Waals surface area contributed by atoms with Crippen LogP contribution < -0.4 is 4.74 Å². The van der Waals surface area contributed by atoms with Crippen LogP contribution in [0, 0.1) is 6.92 Å². The van der Waals surface area contributed by atoms with Gasteiger partial charge in [0.2, 0.25) is 0 Å². The van der Waals surface area contributed by atoms with Crippen molar-refractivity contribution >= 4 is 25.8 Å². The summed E-state index contributed by atoms with van der Waals surface area (Å²) in [6.07, 6.45) is 3.34. The fraction of sp³-hybridized carbons (Fsp3) is 0.150. The van der Waals surface area contributed by atoms with Crippen molar-refractivity contribution in [1.29, 1.82) is 0 Å². The van der Waals surface area contributed by atoms with Gasteiger partial charge in [0.15, 0.2) is 9.84 Å². The molecule has 2 aromatic carbocycles. The maximum atomic E-state index is 12.9. The lowest BCUT2D eigenvalue weighted by atomic mass is 10.0. The quantitative estimate of drug-likeness (QED) is 0.581. The molecule has 1 heterocycles. The van der Waals surface area contributed by atoms with E-state index in [4.69, 9.17) is 4.74 Å². The molecule has 0 saturated heterocycles. The van der Waals surface area contributed by atoms with E-state index in [0.29, 0.717) is 15.8 Å². The first-order valence-corrected chi connectivity index (χ1v) is 10.4. The van der Waals surface area contributed by atoms with Gasteiger partial charge < -0.3 is 4.74 Å². The predicted octanol–water partition coefficient (Wildman–Crippen LogP) is 4.80. The maximum absolute atomic E-state index is 12.9. The number of aryl methyl sites for hydroxylation is 1. The average Bonchev–Trinajstić information content (AvgIpc) is 2.62. The molecule has 134 valence electrons. The van der Waals surface area contributed by atoms with E-state index in [1.54, 1.807) is 30.6 Å². The largest absolute Gasteiger partial charge is 0.495 e. The van der Waals surface area contributed by atoms with Crippen molar-refractivity contribution in [3.05, 3.63) is 76.5 Å². The molecule has 0 radical (unpaired) electrons. The number of ether oxygens (including phenoxy) is 1. The second-order valence-electron chi connectivity index (χ2n) is 5.95. The standard InChI is InChI=1S/C20H18BrNO3S/c1-14-5-3-4-6-18(14)16-9-15(11-22-12-16)13-26(23,24)20-10-17(21)7-8-19(20)25-2/h3-12H,13H2,1-2H3. The smallest absolute Gasteiger partial charge is 0.186 e. The van der Waals surface area contributed by atoms with Crippen molar-refractivity contribution in [1.82, 2.24) is 4.98 Å². The van der Waals surface area contributed by atoms with E-state index in [2.05, 4.69) is 20.9 Å². The van der Waals surface area contributed by atoms with Crippen LogP contribution in [0.2, 0.25) is 0 Å². The number of halogens is 1. The minimum Gasteiger partial charge on any atom is -0.495 e. The molecule has 0 spiro atoms. The minimum atomic E-state index is -3.58. The zero-order chi connectivity index (χ0) is 18.7. The molecule has 0 atom stereocenters. The number of aromatic nitrogens is 1. The van der Waals surface area contributed by atoms with Gasteiger partial charge in [0.1, 0.15) is 10.6 Å². The third-order valence-electron chi connectivity index (χ3n) is 4.07. The second kappa shape index (κ2) is 7.60. The van der Waals surface area contributed by atoms with Crippen LogP contribution in [0.3, 0.4) is 0 Å². The topological polar surface area (TPSA) is 56.3 Å². The lowest BCUT2D eigenvalue weighted by molar-refractivity contribution is 0.402. The zero-order valence-electron chi connectivity index (χ0n) is 14.4. The van der Waals surface area contributed by atoms with Gasteiger partial charge >= 0.3 is 0 Å². The molecule has 3 aromatic rings. The Morgan fingerprint density at radius 2 is 1.85 bits per heavy atom. The molecule has 0 aliphatic rings. The zero-order valence-corrected chi connectivity index (χ0v) is 16.8. The van der Waals surface area contributed by atoms with Crippen LogP contribution in [0.1, 0.15) is 11.1 Å². The Kier molecular flexibility index (Phi) is 5.44. The van der Waals surface area contributed by atoms with Gasteiger partial charge in [-0.05, 0) is 47.9 Å². The summed E-state index contributed by atoms with van der Waals surface area (Å²) in [6.45, 7) is 2.02. The van der Waals surface area contributed by atoms with Crippen LogP contribution >= 0.6 is 15.9 Å². The molecule has 3 rings (SSSR count). The molecule has 0 unspecified atom stereocenters. The van der Waals surface area contributed by atoms with Crippen LogP contribution in [0.25, 0.3) is 11.1 Å². The Hall–Kier alpha value is -2.18. The summed E-state index contributed by atoms with van der Waals surface area (Å²) in [5, 5.41) is 0. The molecule has 0 amide bonds. The highest BCUT2D eigenvalue weighted by Crippen LogP contribution is 2.30. The van der Waals surface area contributed by atoms with Crippen LogP contribution in [0.15, 0.2) is 70.3 Å². The van der Waals surface area contributed by atoms with E-state index >= 15 is 0 Å². The van der Waals surface area contributed by atoms with E-state index in [9.17, 15) is 8.42 Å². The molecule has 0 N–H and O–H groups in total. The molecule has 0 aliphatic carbocycles. The fourth-order valence-electron chi connectivity index (χ4n) is 2.80. The van der Waals surface area contributed by atoms with Crippen LogP contribution in [0.4, 0.5) is 0 Å². The van der Waals surface area contributed by atoms with Gasteiger partial charge in [-0.1, -0.05) is 40.2 Å². The first-order chi connectivity index (χ1) is 12.4. The highest BCUT2D eigenvalue weighted by Gasteiger charge is 2.21. The Morgan fingerprint density at radius 1 is 1.08 bits per heavy atom. The van der Waals surface area contributed by atoms with Gasteiger partial charge in [-0.25, -0.2) is 8.42 Å². The third-order valence-corrected chi connectivity index (χ3v) is 6.26. The summed E-state index contributed by atoms with van der Waals surface area (Å²) >= 11 is 3.32. The second-order valence-corrected chi connectivity index (χ2v) is 8.82. The van der Waals surface area contributed by atoms with Crippen molar-refractivity contribution in [3.63, 3.8) is 0 Å². The number of hydrogen-bond donors (Lipinski definition) is 0. The normalized spacial score (nSPS) is 11.3. The molecule has 0 fully saturated rings. The number of pyridine rings is 1. The van der Waals surface area contributed by atoms with Crippen molar-refractivity contribution < 1.29 is 13.2 Å². The highest BCUT2D eigenvalue weighted by molar-refractivity contribution is 9.10. The van der Waals surface area contributed by atoms with Crippen molar-refractivity contribution in [2.75, 3.05) is 7.11 Å². The summed E-state index contributed by atoms with van der Waals surface area (Å²) in [7, 11) is -2.12. The van der Waals surface area contributed by atoms with Crippen molar-refractivity contribution in [3.8, 4) is 16.9 Å². The van der Waals surface area contributed by atoms with Gasteiger partial charge in [-0.2, -0.15) is 0 Å². The molecule has 0 saturated carbocycles. The van der Waals surface area contributed by atoms with Gasteiger partial charge in [-0.3, -0.25) is 4.98 Å². The number of benzene rings is 2. The number of nitrogens with zero attached hydrogens (tertiary/aromatic N) is 1. The van der Waals surface area contributed by atoms with E-state index in [-0.39, 0.29) is 10.6 Å². The van der Waals surface area contributed by atoms with Gasteiger partial charge in [0.25, 0.3) is 0 Å². The summed E-state index contributed by atoms with van der Waals surface area (Å²) in [5.41, 5.74) is 3.69. The molecule has 0 aliphatic heterocycles. The summed E-state index contributed by atoms with van der Waals surface area (Å²) in [5.74, 6) is 0.184. The summed E-state index contributed by atoms with van der Waals surface area (Å²) in [6, 6.07) is 14.8. The molecule has 6 heteroatoms. The third kappa shape index (κ3) is 3.97. The molecule has 1 aromatic heterocycles. The first-order valence-electron chi connectivity index (χ1n) is 7.97. The van der Waals surface area contributed by atoms with Crippen molar-refractivity contribution in [2.45, 2.75) is 17.6 Å². The highest BCUT2D eigenvalue weighted by atomic mass is 79.9. The number of methoxy groups -OCH3 is 1. The Morgan fingerprint density at radius 3 is 2.58 bits per heavy atom. The predicted molar refractivity (Wildman–Crippen MR) is 106 cm³/mol. The van der Waals surface area contributed by atoms with Gasteiger partial charge in [-0.15, -0.1) is 0 Å². The summed E-state index contributed by atoms with van der Waals surface area (Å²) < 4.78 is 31.7. The Balaban J connectivity index is 1.98. The lowest BCUT2D eigenvalue weighted by Gasteiger charge is -2.11. The number of rotatable bonds is 5. The minimum absolute atomic E-state index is 0.146. The van der Waals surface area contributed by atoms with Gasteiger partial charge in [0, 0.05) is 22.4 Å². The SMILES string of the molecule is COc1ccc(Br)cc1S(=O)(=O)Cc1cncc(-c2ccccc2C)c1. The Bertz CT molecular complexity index is 1050.